The van der Waals surface area contributed by atoms with Gasteiger partial charge in [-0.3, -0.25) is 4.98 Å². The number of hydrogen-bond acceptors (Lipinski definition) is 8. The smallest absolute Gasteiger partial charge is 0.345 e. The van der Waals surface area contributed by atoms with E-state index in [1.54, 1.807) is 36.8 Å². The number of nitrogens with one attached hydrogen (secondary N) is 1. The number of halogens is 2. The van der Waals surface area contributed by atoms with Gasteiger partial charge in [0.05, 0.1) is 35.1 Å². The Morgan fingerprint density at radius 2 is 1.94 bits per heavy atom. The monoisotopic (exact) mass is 509 g/mol. The number of rotatable bonds is 9. The van der Waals surface area contributed by atoms with Gasteiger partial charge in [0, 0.05) is 41.2 Å². The van der Waals surface area contributed by atoms with Crippen LogP contribution >= 0.6 is 0 Å². The van der Waals surface area contributed by atoms with Crippen molar-refractivity contribution < 1.29 is 27.0 Å². The molecule has 0 bridgehead atoms. The minimum Gasteiger partial charge on any atom is -0.393 e. The molecule has 1 saturated carbocycles. The third kappa shape index (κ3) is 5.76. The number of nitrogens with zero attached hydrogens (tertiary/aromatic N) is 4. The summed E-state index contributed by atoms with van der Waals surface area (Å²) >= 11 is 0. The highest BCUT2D eigenvalue weighted by Gasteiger charge is 2.26. The molecule has 2 N–H and O–H groups in total. The van der Waals surface area contributed by atoms with Crippen molar-refractivity contribution in [3.8, 4) is 11.1 Å². The number of aromatic nitrogens is 4. The molecular weight excluding hydrogens is 480 g/mol. The molecule has 1 aliphatic carbocycles. The van der Waals surface area contributed by atoms with Crippen molar-refractivity contribution in [3.05, 3.63) is 36.4 Å². The number of aliphatic hydroxyl groups excluding tert-OH is 1. The first kappa shape index (κ1) is 25.4. The summed E-state index contributed by atoms with van der Waals surface area (Å²) < 4.78 is 55.7. The molecule has 3 heterocycles. The molecule has 3 aromatic rings. The number of anilines is 1. The fourth-order valence-corrected chi connectivity index (χ4v) is 5.22. The predicted octanol–water partition coefficient (Wildman–Crippen LogP) is 3.64. The van der Waals surface area contributed by atoms with Gasteiger partial charge < -0.3 is 15.2 Å². The first-order chi connectivity index (χ1) is 16.7. The first-order valence-corrected chi connectivity index (χ1v) is 13.2. The molecule has 0 aliphatic heterocycles. The Morgan fingerprint density at radius 1 is 1.20 bits per heavy atom. The summed E-state index contributed by atoms with van der Waals surface area (Å²) in [5, 5.41) is 17.6. The summed E-state index contributed by atoms with van der Waals surface area (Å²) in [4.78, 5) is 8.65. The number of fused-ring (bicyclic) bond motifs is 1. The number of hydrogen-bond donors (Lipinski definition) is 2. The zero-order valence-corrected chi connectivity index (χ0v) is 20.4. The van der Waals surface area contributed by atoms with E-state index >= 15 is 0 Å². The summed E-state index contributed by atoms with van der Waals surface area (Å²) in [6.45, 7) is 0.199. The summed E-state index contributed by atoms with van der Waals surface area (Å²) in [5.74, 6) is 0.357. The zero-order valence-electron chi connectivity index (χ0n) is 19.6. The molecule has 4 rings (SSSR count). The van der Waals surface area contributed by atoms with Crippen LogP contribution in [-0.2, 0) is 14.6 Å². The quantitative estimate of drug-likeness (QED) is 0.449. The Morgan fingerprint density at radius 3 is 2.63 bits per heavy atom. The predicted molar refractivity (Wildman–Crippen MR) is 126 cm³/mol. The molecule has 3 aromatic heterocycles. The van der Waals surface area contributed by atoms with Crippen molar-refractivity contribution >= 4 is 21.3 Å². The maximum atomic E-state index is 12.4. The van der Waals surface area contributed by atoms with Gasteiger partial charge in [-0.1, -0.05) is 6.92 Å². The van der Waals surface area contributed by atoms with E-state index in [0.717, 1.165) is 24.1 Å². The van der Waals surface area contributed by atoms with Gasteiger partial charge in [-0.2, -0.15) is 8.78 Å². The van der Waals surface area contributed by atoms with Crippen molar-refractivity contribution in [3.63, 3.8) is 0 Å². The lowest BCUT2D eigenvalue weighted by molar-refractivity contribution is -0.130. The minimum atomic E-state index is -3.44. The lowest BCUT2D eigenvalue weighted by Crippen LogP contribution is -2.25. The van der Waals surface area contributed by atoms with Crippen LogP contribution in [0.5, 0.6) is 0 Å². The van der Waals surface area contributed by atoms with Crippen molar-refractivity contribution in [1.29, 1.82) is 0 Å². The number of aliphatic hydroxyl groups is 1. The van der Waals surface area contributed by atoms with Crippen LogP contribution < -0.4 is 5.32 Å². The van der Waals surface area contributed by atoms with E-state index in [0.29, 0.717) is 23.9 Å². The van der Waals surface area contributed by atoms with Crippen LogP contribution in [-0.4, -0.2) is 64.2 Å². The lowest BCUT2D eigenvalue weighted by Gasteiger charge is -2.25. The third-order valence-electron chi connectivity index (χ3n) is 6.27. The molecule has 190 valence electrons. The van der Waals surface area contributed by atoms with E-state index in [9.17, 15) is 22.3 Å². The largest absolute Gasteiger partial charge is 0.393 e. The first-order valence-electron chi connectivity index (χ1n) is 11.6. The van der Waals surface area contributed by atoms with Crippen LogP contribution in [0.25, 0.3) is 16.6 Å². The molecule has 35 heavy (non-hydrogen) atoms. The van der Waals surface area contributed by atoms with E-state index < -0.39 is 22.5 Å². The van der Waals surface area contributed by atoms with Gasteiger partial charge in [-0.15, -0.1) is 5.10 Å². The third-order valence-corrected chi connectivity index (χ3v) is 7.97. The molecule has 0 radical (unpaired) electrons. The van der Waals surface area contributed by atoms with E-state index in [1.165, 1.54) is 6.20 Å². The zero-order chi connectivity index (χ0) is 25.2. The SMILES string of the molecule is CCS(=O)(=O)c1cncc(-c2cc(C3CCC(O)CC3)n3nc(N[C@@H](C)COC(F)F)ncc23)c1. The summed E-state index contributed by atoms with van der Waals surface area (Å²) in [7, 11) is -3.44. The highest BCUT2D eigenvalue weighted by Crippen LogP contribution is 2.38. The van der Waals surface area contributed by atoms with Crippen molar-refractivity contribution in [2.24, 2.45) is 0 Å². The molecule has 0 aromatic carbocycles. The highest BCUT2D eigenvalue weighted by atomic mass is 32.2. The van der Waals surface area contributed by atoms with Gasteiger partial charge in [0.1, 0.15) is 0 Å². The Bertz CT molecular complexity index is 1280. The van der Waals surface area contributed by atoms with Crippen LogP contribution in [0.3, 0.4) is 0 Å². The molecule has 0 amide bonds. The van der Waals surface area contributed by atoms with Crippen molar-refractivity contribution in [1.82, 2.24) is 19.6 Å². The Hall–Kier alpha value is -2.70. The number of ether oxygens (including phenoxy) is 1. The molecule has 0 unspecified atom stereocenters. The molecule has 1 fully saturated rings. The van der Waals surface area contributed by atoms with E-state index in [4.69, 9.17) is 0 Å². The molecule has 1 aliphatic rings. The van der Waals surface area contributed by atoms with Gasteiger partial charge in [-0.25, -0.2) is 17.9 Å². The van der Waals surface area contributed by atoms with E-state index in [1.807, 2.05) is 6.07 Å². The highest BCUT2D eigenvalue weighted by molar-refractivity contribution is 7.91. The maximum absolute atomic E-state index is 12.4. The molecular formula is C23H29F2N5O4S. The Kier molecular flexibility index (Phi) is 7.62. The van der Waals surface area contributed by atoms with Gasteiger partial charge in [-0.05, 0) is 44.7 Å². The maximum Gasteiger partial charge on any atom is 0.345 e. The summed E-state index contributed by atoms with van der Waals surface area (Å²) in [6.07, 6.45) is 7.16. The fraction of sp³-hybridized carbons (Fsp3) is 0.522. The van der Waals surface area contributed by atoms with Crippen LogP contribution in [0.1, 0.15) is 51.1 Å². The topological polar surface area (TPSA) is 119 Å². The Balaban J connectivity index is 1.75. The average Bonchev–Trinajstić information content (AvgIpc) is 3.22. The lowest BCUT2D eigenvalue weighted by atomic mass is 9.85. The van der Waals surface area contributed by atoms with Gasteiger partial charge in [0.15, 0.2) is 9.84 Å². The Labute approximate surface area is 202 Å². The normalized spacial score (nSPS) is 19.8. The van der Waals surface area contributed by atoms with E-state index in [-0.39, 0.29) is 35.2 Å². The molecule has 1 atom stereocenters. The number of pyridine rings is 1. The number of sulfone groups is 1. The van der Waals surface area contributed by atoms with E-state index in [2.05, 4.69) is 25.1 Å². The second-order valence-corrected chi connectivity index (χ2v) is 11.1. The molecule has 9 nitrogen and oxygen atoms in total. The molecule has 0 saturated heterocycles. The van der Waals surface area contributed by atoms with Crippen LogP contribution in [0.15, 0.2) is 35.6 Å². The van der Waals surface area contributed by atoms with Gasteiger partial charge in [0.2, 0.25) is 5.95 Å². The summed E-state index contributed by atoms with van der Waals surface area (Å²) in [6, 6.07) is 3.12. The van der Waals surface area contributed by atoms with Crippen LogP contribution in [0.2, 0.25) is 0 Å². The fourth-order valence-electron chi connectivity index (χ4n) is 4.36. The van der Waals surface area contributed by atoms with Crippen LogP contribution in [0.4, 0.5) is 14.7 Å². The van der Waals surface area contributed by atoms with Gasteiger partial charge in [0.25, 0.3) is 0 Å². The molecule has 0 spiro atoms. The summed E-state index contributed by atoms with van der Waals surface area (Å²) in [5.41, 5.74) is 2.95. The minimum absolute atomic E-state index is 0.0319. The van der Waals surface area contributed by atoms with Gasteiger partial charge >= 0.3 is 6.61 Å². The number of alkyl halides is 2. The second-order valence-electron chi connectivity index (χ2n) is 8.82. The van der Waals surface area contributed by atoms with Crippen molar-refractivity contribution in [2.75, 3.05) is 17.7 Å². The van der Waals surface area contributed by atoms with Crippen LogP contribution in [0, 0.1) is 0 Å². The van der Waals surface area contributed by atoms with Crippen molar-refractivity contribution in [2.45, 2.75) is 69.1 Å². The molecule has 12 heteroatoms. The standard InChI is InChI=1S/C23H29F2N5O4S/c1-3-35(32,33)18-8-16(10-26-11-18)19-9-20(15-4-6-17(31)7-5-15)30-21(19)12-27-23(29-30)28-14(2)13-34-22(24)25/h8-12,14-15,17,22,31H,3-7,13H2,1-2H3,(H,28,29)/t14-,15?,17?/m0/s1. The average molecular weight is 510 g/mol. The second kappa shape index (κ2) is 10.5.